The van der Waals surface area contributed by atoms with Crippen molar-refractivity contribution in [2.45, 2.75) is 12.8 Å². The topological polar surface area (TPSA) is 100 Å². The first-order valence-corrected chi connectivity index (χ1v) is 7.76. The van der Waals surface area contributed by atoms with Crippen LogP contribution in [0.15, 0.2) is 43.0 Å². The second-order valence-corrected chi connectivity index (χ2v) is 5.50. The van der Waals surface area contributed by atoms with Gasteiger partial charge in [-0.15, -0.1) is 0 Å². The molecular weight excluding hydrogens is 308 g/mol. The summed E-state index contributed by atoms with van der Waals surface area (Å²) in [6, 6.07) is 5.07. The van der Waals surface area contributed by atoms with Crippen molar-refractivity contribution < 1.29 is 9.59 Å². The summed E-state index contributed by atoms with van der Waals surface area (Å²) in [6.07, 6.45) is 7.81. The molecule has 0 bridgehead atoms. The third-order valence-corrected chi connectivity index (χ3v) is 3.92. The zero-order chi connectivity index (χ0) is 16.8. The summed E-state index contributed by atoms with van der Waals surface area (Å²) in [6.45, 7) is 1.41. The van der Waals surface area contributed by atoms with Crippen molar-refractivity contribution in [3.05, 3.63) is 48.5 Å². The first-order valence-electron chi connectivity index (χ1n) is 7.76. The Hall–Kier alpha value is -3.03. The number of hydrazine groups is 1. The van der Waals surface area contributed by atoms with Crippen LogP contribution in [0, 0.1) is 5.92 Å². The number of piperidine rings is 1. The molecule has 3 heterocycles. The quantitative estimate of drug-likeness (QED) is 0.799. The van der Waals surface area contributed by atoms with Crippen molar-refractivity contribution >= 4 is 17.8 Å². The second kappa shape index (κ2) is 7.49. The third kappa shape index (κ3) is 3.83. The highest BCUT2D eigenvalue weighted by molar-refractivity contribution is 5.95. The van der Waals surface area contributed by atoms with E-state index in [1.54, 1.807) is 36.8 Å². The minimum atomic E-state index is -0.383. The van der Waals surface area contributed by atoms with E-state index >= 15 is 0 Å². The van der Waals surface area contributed by atoms with Crippen molar-refractivity contribution in [3.63, 3.8) is 0 Å². The van der Waals surface area contributed by atoms with Gasteiger partial charge in [-0.1, -0.05) is 0 Å². The zero-order valence-electron chi connectivity index (χ0n) is 13.1. The number of carbonyl (C=O) groups is 2. The number of hydrogen-bond acceptors (Lipinski definition) is 6. The summed E-state index contributed by atoms with van der Waals surface area (Å²) in [5, 5.41) is 0. The molecule has 1 saturated heterocycles. The van der Waals surface area contributed by atoms with Crippen LogP contribution in [-0.2, 0) is 4.79 Å². The lowest BCUT2D eigenvalue weighted by molar-refractivity contribution is -0.126. The lowest BCUT2D eigenvalue weighted by Crippen LogP contribution is -2.47. The van der Waals surface area contributed by atoms with E-state index in [2.05, 4.69) is 30.7 Å². The molecule has 2 aromatic heterocycles. The van der Waals surface area contributed by atoms with E-state index in [4.69, 9.17) is 0 Å². The first kappa shape index (κ1) is 15.9. The largest absolute Gasteiger partial charge is 0.341 e. The number of nitrogens with one attached hydrogen (secondary N) is 2. The Kier molecular flexibility index (Phi) is 4.95. The van der Waals surface area contributed by atoms with Crippen LogP contribution in [0.3, 0.4) is 0 Å². The molecule has 124 valence electrons. The minimum absolute atomic E-state index is 0.140. The van der Waals surface area contributed by atoms with Gasteiger partial charge in [0.15, 0.2) is 0 Å². The number of rotatable bonds is 3. The Morgan fingerprint density at radius 2 is 1.79 bits per heavy atom. The smallest absolute Gasteiger partial charge is 0.271 e. The van der Waals surface area contributed by atoms with Gasteiger partial charge in [-0.3, -0.25) is 25.4 Å². The Morgan fingerprint density at radius 1 is 1.04 bits per heavy atom. The maximum atomic E-state index is 12.2. The molecule has 0 unspecified atom stereocenters. The van der Waals surface area contributed by atoms with Crippen LogP contribution < -0.4 is 15.8 Å². The van der Waals surface area contributed by atoms with Crippen molar-refractivity contribution in [2.75, 3.05) is 18.0 Å². The molecule has 0 atom stereocenters. The van der Waals surface area contributed by atoms with Gasteiger partial charge >= 0.3 is 0 Å². The normalized spacial score (nSPS) is 14.9. The monoisotopic (exact) mass is 326 g/mol. The average molecular weight is 326 g/mol. The lowest BCUT2D eigenvalue weighted by atomic mass is 9.96. The molecule has 24 heavy (non-hydrogen) atoms. The van der Waals surface area contributed by atoms with E-state index in [1.807, 2.05) is 0 Å². The molecule has 0 radical (unpaired) electrons. The highest BCUT2D eigenvalue weighted by atomic mass is 16.2. The molecular formula is C16H18N6O2. The van der Waals surface area contributed by atoms with E-state index in [1.165, 1.54) is 6.20 Å². The van der Waals surface area contributed by atoms with E-state index in [0.29, 0.717) is 37.4 Å². The molecule has 2 aromatic rings. The molecule has 3 rings (SSSR count). The number of aromatic nitrogens is 3. The van der Waals surface area contributed by atoms with E-state index in [9.17, 15) is 9.59 Å². The Labute approximate surface area is 139 Å². The third-order valence-electron chi connectivity index (χ3n) is 3.92. The molecule has 8 heteroatoms. The molecule has 0 aromatic carbocycles. The lowest BCUT2D eigenvalue weighted by Gasteiger charge is -2.31. The van der Waals surface area contributed by atoms with Crippen LogP contribution in [0.5, 0.6) is 0 Å². The van der Waals surface area contributed by atoms with E-state index in [0.717, 1.165) is 0 Å². The predicted molar refractivity (Wildman–Crippen MR) is 86.8 cm³/mol. The summed E-state index contributed by atoms with van der Waals surface area (Å²) in [4.78, 5) is 38.4. The van der Waals surface area contributed by atoms with Crippen molar-refractivity contribution in [3.8, 4) is 0 Å². The summed E-state index contributed by atoms with van der Waals surface area (Å²) in [7, 11) is 0. The fourth-order valence-corrected chi connectivity index (χ4v) is 2.59. The Morgan fingerprint density at radius 3 is 2.46 bits per heavy atom. The molecule has 2 amide bonds. The van der Waals surface area contributed by atoms with E-state index < -0.39 is 0 Å². The maximum absolute atomic E-state index is 12.2. The molecule has 2 N–H and O–H groups in total. The van der Waals surface area contributed by atoms with Crippen LogP contribution in [0.2, 0.25) is 0 Å². The number of nitrogens with zero attached hydrogens (tertiary/aromatic N) is 4. The Balaban J connectivity index is 1.46. The fourth-order valence-electron chi connectivity index (χ4n) is 2.59. The molecule has 0 spiro atoms. The highest BCUT2D eigenvalue weighted by Crippen LogP contribution is 2.20. The molecule has 1 aliphatic rings. The summed E-state index contributed by atoms with van der Waals surface area (Å²) in [5.74, 6) is -0.0205. The predicted octanol–water partition coefficient (Wildman–Crippen LogP) is 0.549. The van der Waals surface area contributed by atoms with Crippen LogP contribution in [-0.4, -0.2) is 39.9 Å². The van der Waals surface area contributed by atoms with Crippen molar-refractivity contribution in [1.82, 2.24) is 25.8 Å². The average Bonchev–Trinajstić information content (AvgIpc) is 2.67. The van der Waals surface area contributed by atoms with Gasteiger partial charge in [0, 0.05) is 43.8 Å². The molecule has 0 saturated carbocycles. The van der Waals surface area contributed by atoms with Crippen LogP contribution >= 0.6 is 0 Å². The summed E-state index contributed by atoms with van der Waals surface area (Å²) < 4.78 is 0. The molecule has 1 fully saturated rings. The van der Waals surface area contributed by atoms with Gasteiger partial charge in [0.25, 0.3) is 5.91 Å². The van der Waals surface area contributed by atoms with Crippen LogP contribution in [0.4, 0.5) is 5.95 Å². The van der Waals surface area contributed by atoms with Gasteiger partial charge in [-0.05, 0) is 31.0 Å². The van der Waals surface area contributed by atoms with Gasteiger partial charge in [-0.2, -0.15) is 0 Å². The van der Waals surface area contributed by atoms with Gasteiger partial charge in [0.2, 0.25) is 11.9 Å². The number of carbonyl (C=O) groups excluding carboxylic acids is 2. The first-order chi connectivity index (χ1) is 11.7. The molecule has 1 aliphatic heterocycles. The number of anilines is 1. The second-order valence-electron chi connectivity index (χ2n) is 5.50. The Bertz CT molecular complexity index is 686. The van der Waals surface area contributed by atoms with Crippen molar-refractivity contribution in [1.29, 1.82) is 0 Å². The SMILES string of the molecule is O=C(NNC(=O)C1CCN(c2ncccn2)CC1)c1cccnc1. The van der Waals surface area contributed by atoms with E-state index in [-0.39, 0.29) is 17.7 Å². The number of hydrogen-bond donors (Lipinski definition) is 2. The number of amides is 2. The standard InChI is InChI=1S/C16H18N6O2/c23-14(20-21-15(24)13-3-1-6-17-11-13)12-4-9-22(10-5-12)16-18-7-2-8-19-16/h1-3,6-8,11-12H,4-5,9-10H2,(H,20,23)(H,21,24). The van der Waals surface area contributed by atoms with Gasteiger partial charge in [0.05, 0.1) is 5.56 Å². The van der Waals surface area contributed by atoms with Crippen LogP contribution in [0.25, 0.3) is 0 Å². The number of pyridine rings is 1. The zero-order valence-corrected chi connectivity index (χ0v) is 13.1. The molecule has 0 aliphatic carbocycles. The minimum Gasteiger partial charge on any atom is -0.341 e. The van der Waals surface area contributed by atoms with Gasteiger partial charge in [0.1, 0.15) is 0 Å². The van der Waals surface area contributed by atoms with Crippen LogP contribution in [0.1, 0.15) is 23.2 Å². The van der Waals surface area contributed by atoms with Gasteiger partial charge < -0.3 is 4.90 Å². The molecule has 8 nitrogen and oxygen atoms in total. The summed E-state index contributed by atoms with van der Waals surface area (Å²) in [5.41, 5.74) is 5.31. The van der Waals surface area contributed by atoms with Gasteiger partial charge in [-0.25, -0.2) is 9.97 Å². The summed E-state index contributed by atoms with van der Waals surface area (Å²) >= 11 is 0. The highest BCUT2D eigenvalue weighted by Gasteiger charge is 2.26. The maximum Gasteiger partial charge on any atom is 0.271 e. The fraction of sp³-hybridized carbons (Fsp3) is 0.312. The van der Waals surface area contributed by atoms with Crippen molar-refractivity contribution in [2.24, 2.45) is 5.92 Å².